The number of alkyl halides is 1. The standard InChI is InChI=1S/C17H13Cl2FN2/c18-15-5-4-14(11-16(15)19)22-10-8-17(20,12-22)7-6-13-3-1-2-9-21-13/h1-5,9,11H,8,10,12H2. The van der Waals surface area contributed by atoms with Gasteiger partial charge in [0.05, 0.1) is 16.6 Å². The second-order valence-corrected chi connectivity index (χ2v) is 6.01. The van der Waals surface area contributed by atoms with E-state index >= 15 is 0 Å². The van der Waals surface area contributed by atoms with E-state index in [9.17, 15) is 4.39 Å². The number of halogens is 3. The molecule has 0 amide bonds. The van der Waals surface area contributed by atoms with E-state index in [2.05, 4.69) is 16.8 Å². The van der Waals surface area contributed by atoms with Gasteiger partial charge in [-0.2, -0.15) is 0 Å². The van der Waals surface area contributed by atoms with Crippen molar-refractivity contribution in [2.24, 2.45) is 0 Å². The summed E-state index contributed by atoms with van der Waals surface area (Å²) in [5.41, 5.74) is -0.107. The first-order valence-electron chi connectivity index (χ1n) is 6.89. The fourth-order valence-corrected chi connectivity index (χ4v) is 2.68. The van der Waals surface area contributed by atoms with Gasteiger partial charge in [-0.25, -0.2) is 9.37 Å². The van der Waals surface area contributed by atoms with E-state index in [0.717, 1.165) is 5.69 Å². The van der Waals surface area contributed by atoms with Crippen molar-refractivity contribution in [1.82, 2.24) is 4.98 Å². The quantitative estimate of drug-likeness (QED) is 0.720. The monoisotopic (exact) mass is 334 g/mol. The minimum atomic E-state index is -1.54. The fraction of sp³-hybridized carbons (Fsp3) is 0.235. The Hall–Kier alpha value is -1.76. The van der Waals surface area contributed by atoms with Gasteiger partial charge in [0.15, 0.2) is 5.67 Å². The third-order valence-electron chi connectivity index (χ3n) is 3.57. The highest BCUT2D eigenvalue weighted by Crippen LogP contribution is 2.33. The Morgan fingerprint density at radius 2 is 2.05 bits per heavy atom. The van der Waals surface area contributed by atoms with Gasteiger partial charge in [0.1, 0.15) is 5.69 Å². The maximum atomic E-state index is 14.8. The van der Waals surface area contributed by atoms with Crippen molar-refractivity contribution >= 4 is 28.9 Å². The van der Waals surface area contributed by atoms with Crippen molar-refractivity contribution in [1.29, 1.82) is 0 Å². The van der Waals surface area contributed by atoms with Crippen LogP contribution in [0.5, 0.6) is 0 Å². The normalized spacial score (nSPS) is 20.6. The Bertz CT molecular complexity index is 739. The van der Waals surface area contributed by atoms with E-state index in [1.165, 1.54) is 0 Å². The molecule has 1 saturated heterocycles. The fourth-order valence-electron chi connectivity index (χ4n) is 2.39. The van der Waals surface area contributed by atoms with Crippen LogP contribution < -0.4 is 4.90 Å². The largest absolute Gasteiger partial charge is 0.367 e. The molecule has 5 heteroatoms. The average molecular weight is 335 g/mol. The molecule has 2 aromatic rings. The van der Waals surface area contributed by atoms with E-state index in [-0.39, 0.29) is 6.54 Å². The third-order valence-corrected chi connectivity index (χ3v) is 4.31. The van der Waals surface area contributed by atoms with Crippen molar-refractivity contribution in [2.45, 2.75) is 12.1 Å². The summed E-state index contributed by atoms with van der Waals surface area (Å²) in [6.07, 6.45) is 2.00. The molecule has 0 spiro atoms. The van der Waals surface area contributed by atoms with Crippen LogP contribution in [0.25, 0.3) is 0 Å². The summed E-state index contributed by atoms with van der Waals surface area (Å²) in [7, 11) is 0. The summed E-state index contributed by atoms with van der Waals surface area (Å²) in [6.45, 7) is 0.802. The first-order valence-corrected chi connectivity index (χ1v) is 7.64. The Balaban J connectivity index is 1.76. The SMILES string of the molecule is FC1(C#Cc2ccccn2)CCN(c2ccc(Cl)c(Cl)c2)C1. The highest BCUT2D eigenvalue weighted by atomic mass is 35.5. The van der Waals surface area contributed by atoms with Gasteiger partial charge in [0, 0.05) is 24.8 Å². The molecule has 0 bridgehead atoms. The Kier molecular flexibility index (Phi) is 4.24. The lowest BCUT2D eigenvalue weighted by molar-refractivity contribution is 0.274. The molecular formula is C17H13Cl2FN2. The first-order chi connectivity index (χ1) is 10.6. The number of rotatable bonds is 1. The van der Waals surface area contributed by atoms with Gasteiger partial charge >= 0.3 is 0 Å². The molecule has 0 N–H and O–H groups in total. The minimum absolute atomic E-state index is 0.213. The van der Waals surface area contributed by atoms with Crippen molar-refractivity contribution < 1.29 is 4.39 Å². The lowest BCUT2D eigenvalue weighted by Crippen LogP contribution is -2.27. The molecule has 1 aliphatic heterocycles. The highest BCUT2D eigenvalue weighted by Gasteiger charge is 2.37. The van der Waals surface area contributed by atoms with Crippen LogP contribution in [0.2, 0.25) is 10.0 Å². The number of hydrogen-bond acceptors (Lipinski definition) is 2. The lowest BCUT2D eigenvalue weighted by Gasteiger charge is -2.19. The topological polar surface area (TPSA) is 16.1 Å². The van der Waals surface area contributed by atoms with E-state index in [0.29, 0.717) is 28.7 Å². The molecule has 1 aromatic carbocycles. The molecule has 112 valence electrons. The molecule has 1 atom stereocenters. The summed E-state index contributed by atoms with van der Waals surface area (Å²) >= 11 is 11.9. The van der Waals surface area contributed by atoms with Crippen LogP contribution in [0, 0.1) is 11.8 Å². The van der Waals surface area contributed by atoms with Crippen molar-refractivity contribution in [3.05, 3.63) is 58.3 Å². The minimum Gasteiger partial charge on any atom is -0.367 e. The summed E-state index contributed by atoms with van der Waals surface area (Å²) in [4.78, 5) is 6.01. The van der Waals surface area contributed by atoms with E-state index < -0.39 is 5.67 Å². The smallest absolute Gasteiger partial charge is 0.190 e. The molecule has 1 aliphatic rings. The summed E-state index contributed by atoms with van der Waals surface area (Å²) in [5, 5.41) is 0.959. The Morgan fingerprint density at radius 1 is 1.18 bits per heavy atom. The predicted molar refractivity (Wildman–Crippen MR) is 88.2 cm³/mol. The molecule has 2 nitrogen and oxygen atoms in total. The summed E-state index contributed by atoms with van der Waals surface area (Å²) in [6, 6.07) is 10.7. The van der Waals surface area contributed by atoms with Crippen LogP contribution in [0.4, 0.5) is 10.1 Å². The first kappa shape index (κ1) is 15.1. The van der Waals surface area contributed by atoms with Crippen LogP contribution in [0.1, 0.15) is 12.1 Å². The van der Waals surface area contributed by atoms with E-state index in [1.54, 1.807) is 30.5 Å². The van der Waals surface area contributed by atoms with Crippen LogP contribution in [0.3, 0.4) is 0 Å². The van der Waals surface area contributed by atoms with Gasteiger partial charge < -0.3 is 4.90 Å². The molecule has 0 radical (unpaired) electrons. The zero-order chi connectivity index (χ0) is 15.6. The number of anilines is 1. The summed E-state index contributed by atoms with van der Waals surface area (Å²) in [5.74, 6) is 5.53. The predicted octanol–water partition coefficient (Wildman–Crippen LogP) is 4.36. The van der Waals surface area contributed by atoms with Crippen LogP contribution in [-0.2, 0) is 0 Å². The van der Waals surface area contributed by atoms with E-state index in [4.69, 9.17) is 23.2 Å². The average Bonchev–Trinajstić information content (AvgIpc) is 2.92. The van der Waals surface area contributed by atoms with Gasteiger partial charge in [0.2, 0.25) is 0 Å². The van der Waals surface area contributed by atoms with Crippen molar-refractivity contribution in [3.8, 4) is 11.8 Å². The number of benzene rings is 1. The molecule has 0 saturated carbocycles. The number of nitrogens with zero attached hydrogens (tertiary/aromatic N) is 2. The molecular weight excluding hydrogens is 322 g/mol. The van der Waals surface area contributed by atoms with Gasteiger partial charge in [-0.05, 0) is 36.3 Å². The van der Waals surface area contributed by atoms with Gasteiger partial charge in [-0.1, -0.05) is 35.2 Å². The molecule has 2 heterocycles. The highest BCUT2D eigenvalue weighted by molar-refractivity contribution is 6.42. The lowest BCUT2D eigenvalue weighted by atomic mass is 10.1. The van der Waals surface area contributed by atoms with Gasteiger partial charge in [-0.15, -0.1) is 0 Å². The van der Waals surface area contributed by atoms with Crippen LogP contribution in [0.15, 0.2) is 42.6 Å². The summed E-state index contributed by atoms with van der Waals surface area (Å²) < 4.78 is 14.8. The van der Waals surface area contributed by atoms with Gasteiger partial charge in [0.25, 0.3) is 0 Å². The Labute approximate surface area is 138 Å². The second kappa shape index (κ2) is 6.16. The maximum absolute atomic E-state index is 14.8. The van der Waals surface area contributed by atoms with Crippen LogP contribution >= 0.6 is 23.2 Å². The molecule has 1 unspecified atom stereocenters. The van der Waals surface area contributed by atoms with Gasteiger partial charge in [-0.3, -0.25) is 0 Å². The van der Waals surface area contributed by atoms with Crippen molar-refractivity contribution in [2.75, 3.05) is 18.0 Å². The maximum Gasteiger partial charge on any atom is 0.190 e. The molecule has 22 heavy (non-hydrogen) atoms. The number of hydrogen-bond donors (Lipinski definition) is 0. The molecule has 3 rings (SSSR count). The molecule has 1 aromatic heterocycles. The Morgan fingerprint density at radius 3 is 2.77 bits per heavy atom. The molecule has 0 aliphatic carbocycles. The molecule has 1 fully saturated rings. The second-order valence-electron chi connectivity index (χ2n) is 5.20. The number of pyridine rings is 1. The number of aromatic nitrogens is 1. The van der Waals surface area contributed by atoms with E-state index in [1.807, 2.05) is 17.0 Å². The zero-order valence-electron chi connectivity index (χ0n) is 11.7. The van der Waals surface area contributed by atoms with Crippen LogP contribution in [-0.4, -0.2) is 23.7 Å². The van der Waals surface area contributed by atoms with Crippen molar-refractivity contribution in [3.63, 3.8) is 0 Å². The zero-order valence-corrected chi connectivity index (χ0v) is 13.2. The third kappa shape index (κ3) is 3.35.